The summed E-state index contributed by atoms with van der Waals surface area (Å²) in [5.41, 5.74) is 2.77. The van der Waals surface area contributed by atoms with Gasteiger partial charge >= 0.3 is 0 Å². The van der Waals surface area contributed by atoms with Crippen LogP contribution in [0.15, 0.2) is 66.7 Å². The van der Waals surface area contributed by atoms with Crippen molar-refractivity contribution in [2.45, 2.75) is 35.7 Å². The van der Waals surface area contributed by atoms with Gasteiger partial charge in [0.1, 0.15) is 0 Å². The molecule has 0 nitrogen and oxygen atoms in total. The van der Waals surface area contributed by atoms with Gasteiger partial charge in [-0.3, -0.25) is 0 Å². The summed E-state index contributed by atoms with van der Waals surface area (Å²) >= 11 is 7.21. The zero-order valence-corrected chi connectivity index (χ0v) is 14.9. The van der Waals surface area contributed by atoms with Crippen LogP contribution < -0.4 is 0 Å². The number of fused-ring (bicyclic) bond motifs is 1. The van der Waals surface area contributed by atoms with E-state index in [0.717, 1.165) is 0 Å². The highest BCUT2D eigenvalue weighted by molar-refractivity contribution is 8.18. The average Bonchev–Trinajstić information content (AvgIpc) is 2.61. The molecular weight excluding hydrogens is 316 g/mol. The van der Waals surface area contributed by atoms with E-state index in [1.54, 1.807) is 0 Å². The van der Waals surface area contributed by atoms with Crippen LogP contribution in [-0.4, -0.2) is 4.08 Å². The van der Waals surface area contributed by atoms with Crippen molar-refractivity contribution in [3.05, 3.63) is 77.9 Å². The zero-order chi connectivity index (χ0) is 15.7. The van der Waals surface area contributed by atoms with Gasteiger partial charge in [0.05, 0.1) is 4.08 Å². The lowest BCUT2D eigenvalue weighted by molar-refractivity contribution is 0.322. The van der Waals surface area contributed by atoms with Gasteiger partial charge in [0.25, 0.3) is 0 Å². The Morgan fingerprint density at radius 1 is 0.913 bits per heavy atom. The Morgan fingerprint density at radius 3 is 2.35 bits per heavy atom. The predicted molar refractivity (Wildman–Crippen MR) is 105 cm³/mol. The first-order chi connectivity index (χ1) is 11.3. The van der Waals surface area contributed by atoms with E-state index in [2.05, 4.69) is 66.7 Å². The van der Waals surface area contributed by atoms with E-state index < -0.39 is 0 Å². The number of rotatable bonds is 2. The maximum absolute atomic E-state index is 5.22. The molecule has 118 valence electrons. The van der Waals surface area contributed by atoms with Crippen LogP contribution in [0.4, 0.5) is 0 Å². The smallest absolute Gasteiger partial charge is 0.0665 e. The standard InChI is InChI=1S/C21H22S2/c22-21-14-8-7-13-19(21)18(16-9-3-1-4-10-16)15-20(23-21)17-11-5-2-6-12-17/h1-6,9-12,15,18-19,22H,7-8,13-14H2/t18-,19+,21+/m1/s1. The molecule has 0 spiro atoms. The van der Waals surface area contributed by atoms with Gasteiger partial charge in [-0.05, 0) is 29.9 Å². The van der Waals surface area contributed by atoms with E-state index in [-0.39, 0.29) is 4.08 Å². The Bertz CT molecular complexity index is 692. The van der Waals surface area contributed by atoms with Crippen molar-refractivity contribution in [2.24, 2.45) is 5.92 Å². The molecule has 0 bridgehead atoms. The lowest BCUT2D eigenvalue weighted by Crippen LogP contribution is -2.38. The van der Waals surface area contributed by atoms with Gasteiger partial charge in [-0.15, -0.1) is 11.8 Å². The minimum atomic E-state index is 0.0681. The third kappa shape index (κ3) is 2.99. The molecule has 0 radical (unpaired) electrons. The topological polar surface area (TPSA) is 0 Å². The van der Waals surface area contributed by atoms with E-state index in [1.165, 1.54) is 41.7 Å². The molecule has 2 aliphatic rings. The van der Waals surface area contributed by atoms with E-state index >= 15 is 0 Å². The third-order valence-electron chi connectivity index (χ3n) is 5.17. The first-order valence-electron chi connectivity index (χ1n) is 8.50. The Hall–Kier alpha value is -1.12. The second kappa shape index (κ2) is 6.41. The van der Waals surface area contributed by atoms with Gasteiger partial charge < -0.3 is 0 Å². The molecule has 2 aromatic rings. The van der Waals surface area contributed by atoms with Crippen molar-refractivity contribution in [2.75, 3.05) is 0 Å². The van der Waals surface area contributed by atoms with Crippen LogP contribution in [0.25, 0.3) is 4.91 Å². The molecule has 23 heavy (non-hydrogen) atoms. The van der Waals surface area contributed by atoms with Crippen LogP contribution in [0, 0.1) is 5.92 Å². The zero-order valence-electron chi connectivity index (χ0n) is 13.2. The molecule has 3 atom stereocenters. The molecule has 2 aromatic carbocycles. The highest BCUT2D eigenvalue weighted by Gasteiger charge is 2.45. The molecule has 0 aromatic heterocycles. The largest absolute Gasteiger partial charge is 0.161 e. The van der Waals surface area contributed by atoms with Gasteiger partial charge in [0, 0.05) is 10.8 Å². The molecule has 1 saturated carbocycles. The molecule has 0 N–H and O–H groups in total. The van der Waals surface area contributed by atoms with Crippen molar-refractivity contribution >= 4 is 29.3 Å². The van der Waals surface area contributed by atoms with Crippen molar-refractivity contribution in [1.29, 1.82) is 0 Å². The van der Waals surface area contributed by atoms with E-state index in [0.29, 0.717) is 11.8 Å². The summed E-state index contributed by atoms with van der Waals surface area (Å²) in [6.45, 7) is 0. The van der Waals surface area contributed by atoms with Gasteiger partial charge in [-0.2, -0.15) is 12.6 Å². The second-order valence-corrected chi connectivity index (χ2v) is 9.11. The predicted octanol–water partition coefficient (Wildman–Crippen LogP) is 6.37. The normalized spacial score (nSPS) is 30.4. The molecular formula is C21H22S2. The summed E-state index contributed by atoms with van der Waals surface area (Å²) in [6, 6.07) is 21.8. The fourth-order valence-corrected chi connectivity index (χ4v) is 6.26. The number of allylic oxidation sites excluding steroid dienone is 1. The van der Waals surface area contributed by atoms with Crippen LogP contribution in [-0.2, 0) is 0 Å². The lowest BCUT2D eigenvalue weighted by Gasteiger charge is -2.47. The van der Waals surface area contributed by atoms with Crippen LogP contribution in [0.2, 0.25) is 0 Å². The van der Waals surface area contributed by atoms with Crippen molar-refractivity contribution in [3.8, 4) is 0 Å². The molecule has 0 unspecified atom stereocenters. The van der Waals surface area contributed by atoms with E-state index in [4.69, 9.17) is 12.6 Å². The molecule has 0 saturated heterocycles. The van der Waals surface area contributed by atoms with E-state index in [9.17, 15) is 0 Å². The van der Waals surface area contributed by atoms with Gasteiger partial charge in [-0.1, -0.05) is 79.6 Å². The van der Waals surface area contributed by atoms with Crippen LogP contribution in [0.3, 0.4) is 0 Å². The minimum absolute atomic E-state index is 0.0681. The lowest BCUT2D eigenvalue weighted by atomic mass is 9.75. The number of thioether (sulfide) groups is 1. The fraction of sp³-hybridized carbons (Fsp3) is 0.333. The maximum Gasteiger partial charge on any atom is 0.0665 e. The Morgan fingerprint density at radius 2 is 1.61 bits per heavy atom. The fourth-order valence-electron chi connectivity index (χ4n) is 4.01. The number of benzene rings is 2. The first-order valence-corrected chi connectivity index (χ1v) is 9.76. The van der Waals surface area contributed by atoms with Gasteiger partial charge in [0.15, 0.2) is 0 Å². The summed E-state index contributed by atoms with van der Waals surface area (Å²) in [5, 5.41) is 0. The van der Waals surface area contributed by atoms with Crippen LogP contribution >= 0.6 is 24.4 Å². The molecule has 1 fully saturated rings. The Labute approximate surface area is 148 Å². The number of hydrogen-bond acceptors (Lipinski definition) is 2. The second-order valence-electron chi connectivity index (χ2n) is 6.63. The Kier molecular flexibility index (Phi) is 4.29. The number of thiol groups is 1. The molecule has 1 heterocycles. The summed E-state index contributed by atoms with van der Waals surface area (Å²) in [5.74, 6) is 1.10. The van der Waals surface area contributed by atoms with Gasteiger partial charge in [-0.25, -0.2) is 0 Å². The quantitative estimate of drug-likeness (QED) is 0.620. The molecule has 4 rings (SSSR count). The number of hydrogen-bond donors (Lipinski definition) is 1. The van der Waals surface area contributed by atoms with Crippen LogP contribution in [0.5, 0.6) is 0 Å². The van der Waals surface area contributed by atoms with Crippen molar-refractivity contribution in [1.82, 2.24) is 0 Å². The monoisotopic (exact) mass is 338 g/mol. The molecule has 2 heteroatoms. The summed E-state index contributed by atoms with van der Waals surface area (Å²) < 4.78 is 0.0681. The maximum atomic E-state index is 5.22. The molecule has 1 aliphatic carbocycles. The highest BCUT2D eigenvalue weighted by Crippen LogP contribution is 2.60. The summed E-state index contributed by atoms with van der Waals surface area (Å²) in [7, 11) is 0. The highest BCUT2D eigenvalue weighted by atomic mass is 32.2. The third-order valence-corrected chi connectivity index (χ3v) is 7.45. The first kappa shape index (κ1) is 15.4. The minimum Gasteiger partial charge on any atom is -0.161 e. The SMILES string of the molecule is S[C@]12CCCC[C@H]1[C@@H](c1ccccc1)C=C(c1ccccc1)S2. The van der Waals surface area contributed by atoms with Crippen LogP contribution in [0.1, 0.15) is 42.7 Å². The van der Waals surface area contributed by atoms with E-state index in [1.807, 2.05) is 11.8 Å². The van der Waals surface area contributed by atoms with Crippen molar-refractivity contribution in [3.63, 3.8) is 0 Å². The summed E-state index contributed by atoms with van der Waals surface area (Å²) in [6.07, 6.45) is 7.63. The summed E-state index contributed by atoms with van der Waals surface area (Å²) in [4.78, 5) is 1.40. The van der Waals surface area contributed by atoms with Gasteiger partial charge in [0.2, 0.25) is 0 Å². The van der Waals surface area contributed by atoms with Crippen molar-refractivity contribution < 1.29 is 0 Å². The Balaban J connectivity index is 1.80. The average molecular weight is 339 g/mol. The molecule has 1 aliphatic heterocycles. The molecule has 0 amide bonds.